The molecular weight excluding hydrogens is 160 g/mol. The fraction of sp³-hybridized carbons (Fsp3) is 0.818. The molecule has 0 saturated heterocycles. The molecule has 1 rings (SSSR count). The highest BCUT2D eigenvalue weighted by Crippen LogP contribution is 2.27. The van der Waals surface area contributed by atoms with Crippen molar-refractivity contribution in [3.8, 4) is 0 Å². The van der Waals surface area contributed by atoms with Crippen LogP contribution in [0.4, 0.5) is 0 Å². The Balaban J connectivity index is 2.32. The van der Waals surface area contributed by atoms with Gasteiger partial charge < -0.3 is 5.73 Å². The molecule has 0 amide bonds. The highest BCUT2D eigenvalue weighted by Gasteiger charge is 2.29. The van der Waals surface area contributed by atoms with Gasteiger partial charge in [0.1, 0.15) is 0 Å². The van der Waals surface area contributed by atoms with E-state index >= 15 is 0 Å². The minimum absolute atomic E-state index is 0.297. The third-order valence-corrected chi connectivity index (χ3v) is 2.85. The van der Waals surface area contributed by atoms with E-state index in [1.807, 2.05) is 6.08 Å². The van der Waals surface area contributed by atoms with E-state index in [1.165, 1.54) is 12.8 Å². The molecule has 13 heavy (non-hydrogen) atoms. The molecule has 0 aromatic heterocycles. The Kier molecular flexibility index (Phi) is 3.94. The number of rotatable bonds is 6. The van der Waals surface area contributed by atoms with Gasteiger partial charge in [0, 0.05) is 25.2 Å². The van der Waals surface area contributed by atoms with E-state index in [9.17, 15) is 0 Å². The summed E-state index contributed by atoms with van der Waals surface area (Å²) in [6.07, 6.45) is 4.71. The maximum atomic E-state index is 5.85. The molecule has 0 aromatic carbocycles. The summed E-state index contributed by atoms with van der Waals surface area (Å²) in [6, 6.07) is 1.12. The van der Waals surface area contributed by atoms with Crippen LogP contribution in [0.5, 0.6) is 0 Å². The van der Waals surface area contributed by atoms with Crippen LogP contribution in [0.15, 0.2) is 12.7 Å². The van der Waals surface area contributed by atoms with Gasteiger partial charge in [-0.05, 0) is 25.7 Å². The second-order valence-electron chi connectivity index (χ2n) is 4.31. The molecule has 0 spiro atoms. The molecule has 76 valence electrons. The number of nitrogens with two attached hydrogens (primary N) is 1. The van der Waals surface area contributed by atoms with Gasteiger partial charge in [0.2, 0.25) is 0 Å². The first kappa shape index (κ1) is 10.7. The van der Waals surface area contributed by atoms with E-state index in [1.54, 1.807) is 0 Å². The lowest BCUT2D eigenvalue weighted by Crippen LogP contribution is -2.37. The zero-order chi connectivity index (χ0) is 9.84. The van der Waals surface area contributed by atoms with E-state index in [0.717, 1.165) is 19.1 Å². The summed E-state index contributed by atoms with van der Waals surface area (Å²) in [5.74, 6) is 0.584. The first-order chi connectivity index (χ1) is 6.15. The van der Waals surface area contributed by atoms with Crippen molar-refractivity contribution in [3.63, 3.8) is 0 Å². The van der Waals surface area contributed by atoms with Crippen molar-refractivity contribution in [2.24, 2.45) is 11.7 Å². The summed E-state index contributed by atoms with van der Waals surface area (Å²) < 4.78 is 0. The van der Waals surface area contributed by atoms with Crippen molar-refractivity contribution in [3.05, 3.63) is 12.7 Å². The monoisotopic (exact) mass is 182 g/mol. The van der Waals surface area contributed by atoms with Crippen molar-refractivity contribution in [1.29, 1.82) is 0 Å². The van der Waals surface area contributed by atoms with Gasteiger partial charge in [-0.1, -0.05) is 13.0 Å². The lowest BCUT2D eigenvalue weighted by atomic mass is 10.0. The molecule has 0 heterocycles. The summed E-state index contributed by atoms with van der Waals surface area (Å²) >= 11 is 0. The van der Waals surface area contributed by atoms with E-state index in [4.69, 9.17) is 5.73 Å². The lowest BCUT2D eigenvalue weighted by molar-refractivity contribution is 0.237. The second-order valence-corrected chi connectivity index (χ2v) is 4.31. The van der Waals surface area contributed by atoms with Gasteiger partial charge in [-0.25, -0.2) is 0 Å². The maximum absolute atomic E-state index is 5.85. The SMILES string of the molecule is C=CCN(CC(C)C(C)N)C1CC1. The summed E-state index contributed by atoms with van der Waals surface area (Å²) in [4.78, 5) is 2.50. The van der Waals surface area contributed by atoms with Crippen LogP contribution in [0.2, 0.25) is 0 Å². The molecule has 1 aliphatic rings. The third-order valence-electron chi connectivity index (χ3n) is 2.85. The molecule has 2 atom stereocenters. The first-order valence-electron chi connectivity index (χ1n) is 5.25. The van der Waals surface area contributed by atoms with Crippen molar-refractivity contribution >= 4 is 0 Å². The smallest absolute Gasteiger partial charge is 0.0163 e. The van der Waals surface area contributed by atoms with Crippen molar-refractivity contribution in [1.82, 2.24) is 4.90 Å². The van der Waals surface area contributed by atoms with Gasteiger partial charge in [0.05, 0.1) is 0 Å². The Morgan fingerprint density at radius 2 is 2.15 bits per heavy atom. The Morgan fingerprint density at radius 1 is 1.54 bits per heavy atom. The van der Waals surface area contributed by atoms with Crippen LogP contribution < -0.4 is 5.73 Å². The molecule has 2 N–H and O–H groups in total. The van der Waals surface area contributed by atoms with Crippen LogP contribution in [-0.4, -0.2) is 30.1 Å². The average Bonchev–Trinajstić information content (AvgIpc) is 2.85. The van der Waals surface area contributed by atoms with Crippen LogP contribution in [0.1, 0.15) is 26.7 Å². The predicted octanol–water partition coefficient (Wildman–Crippen LogP) is 1.62. The molecule has 1 aliphatic carbocycles. The molecule has 2 heteroatoms. The van der Waals surface area contributed by atoms with Crippen LogP contribution >= 0.6 is 0 Å². The quantitative estimate of drug-likeness (QED) is 0.632. The molecule has 0 bridgehead atoms. The van der Waals surface area contributed by atoms with E-state index < -0.39 is 0 Å². The summed E-state index contributed by atoms with van der Waals surface area (Å²) in [5.41, 5.74) is 5.85. The zero-order valence-corrected chi connectivity index (χ0v) is 8.87. The van der Waals surface area contributed by atoms with Gasteiger partial charge in [0.15, 0.2) is 0 Å². The third kappa shape index (κ3) is 3.49. The highest BCUT2D eigenvalue weighted by molar-refractivity contribution is 4.89. The fourth-order valence-corrected chi connectivity index (χ4v) is 1.51. The van der Waals surface area contributed by atoms with Gasteiger partial charge >= 0.3 is 0 Å². The summed E-state index contributed by atoms with van der Waals surface area (Å²) in [6.45, 7) is 10.2. The molecule has 2 nitrogen and oxygen atoms in total. The number of nitrogens with zero attached hydrogens (tertiary/aromatic N) is 1. The molecule has 1 saturated carbocycles. The Bertz CT molecular complexity index is 161. The standard InChI is InChI=1S/C11H22N2/c1-4-7-13(11-5-6-11)8-9(2)10(3)12/h4,9-11H,1,5-8,12H2,2-3H3. The Morgan fingerprint density at radius 3 is 2.54 bits per heavy atom. The van der Waals surface area contributed by atoms with Gasteiger partial charge in [-0.3, -0.25) is 4.90 Å². The van der Waals surface area contributed by atoms with Crippen molar-refractivity contribution in [2.75, 3.05) is 13.1 Å². The predicted molar refractivity (Wildman–Crippen MR) is 57.6 cm³/mol. The minimum Gasteiger partial charge on any atom is -0.328 e. The second kappa shape index (κ2) is 4.77. The first-order valence-corrected chi connectivity index (χ1v) is 5.25. The van der Waals surface area contributed by atoms with Gasteiger partial charge in [-0.15, -0.1) is 6.58 Å². The average molecular weight is 182 g/mol. The lowest BCUT2D eigenvalue weighted by Gasteiger charge is -2.26. The maximum Gasteiger partial charge on any atom is 0.0163 e. The molecular formula is C11H22N2. The molecule has 1 fully saturated rings. The van der Waals surface area contributed by atoms with E-state index in [-0.39, 0.29) is 0 Å². The Labute approximate surface area is 81.8 Å². The van der Waals surface area contributed by atoms with Crippen molar-refractivity contribution < 1.29 is 0 Å². The summed E-state index contributed by atoms with van der Waals surface area (Å²) in [5, 5.41) is 0. The van der Waals surface area contributed by atoms with Crippen LogP contribution in [-0.2, 0) is 0 Å². The van der Waals surface area contributed by atoms with Gasteiger partial charge in [-0.2, -0.15) is 0 Å². The molecule has 0 radical (unpaired) electrons. The normalized spacial score (nSPS) is 21.5. The number of hydrogen-bond acceptors (Lipinski definition) is 2. The Hall–Kier alpha value is -0.340. The summed E-state index contributed by atoms with van der Waals surface area (Å²) in [7, 11) is 0. The molecule has 0 aromatic rings. The van der Waals surface area contributed by atoms with E-state index in [0.29, 0.717) is 12.0 Å². The van der Waals surface area contributed by atoms with Crippen LogP contribution in [0.25, 0.3) is 0 Å². The fourth-order valence-electron chi connectivity index (χ4n) is 1.51. The zero-order valence-electron chi connectivity index (χ0n) is 8.87. The topological polar surface area (TPSA) is 29.3 Å². The molecule has 0 aliphatic heterocycles. The van der Waals surface area contributed by atoms with Crippen LogP contribution in [0, 0.1) is 5.92 Å². The van der Waals surface area contributed by atoms with Crippen LogP contribution in [0.3, 0.4) is 0 Å². The number of hydrogen-bond donors (Lipinski definition) is 1. The van der Waals surface area contributed by atoms with E-state index in [2.05, 4.69) is 25.3 Å². The largest absolute Gasteiger partial charge is 0.328 e. The highest BCUT2D eigenvalue weighted by atomic mass is 15.2. The van der Waals surface area contributed by atoms with Gasteiger partial charge in [0.25, 0.3) is 0 Å². The van der Waals surface area contributed by atoms with Crippen molar-refractivity contribution in [2.45, 2.75) is 38.8 Å². The minimum atomic E-state index is 0.297. The molecule has 2 unspecified atom stereocenters.